The van der Waals surface area contributed by atoms with Gasteiger partial charge in [0.1, 0.15) is 0 Å². The standard InChI is InChI=1S/C26H29N3O3/c1-27(2)14-6-9-19-10-12-21(13-11-19)26-22-16-28(17-25(32)29(22)23(26)18-30)24(31)15-20-7-4-3-5-8-20/h3-5,7-8,10-13,22-23,26,30H,14-18H2,1-2H3/t22-,23+,26+/m1/s1. The lowest BCUT2D eigenvalue weighted by atomic mass is 9.73. The van der Waals surface area contributed by atoms with Crippen molar-refractivity contribution in [1.82, 2.24) is 14.7 Å². The van der Waals surface area contributed by atoms with Crippen LogP contribution in [0.15, 0.2) is 54.6 Å². The molecule has 4 rings (SSSR count). The molecule has 6 nitrogen and oxygen atoms in total. The molecule has 2 heterocycles. The molecule has 2 saturated heterocycles. The van der Waals surface area contributed by atoms with Crippen LogP contribution in [0.3, 0.4) is 0 Å². The first-order chi connectivity index (χ1) is 15.5. The van der Waals surface area contributed by atoms with Crippen LogP contribution < -0.4 is 0 Å². The maximum Gasteiger partial charge on any atom is 0.242 e. The largest absolute Gasteiger partial charge is 0.394 e. The highest BCUT2D eigenvalue weighted by atomic mass is 16.3. The van der Waals surface area contributed by atoms with Gasteiger partial charge in [-0.15, -0.1) is 0 Å². The van der Waals surface area contributed by atoms with Gasteiger partial charge in [-0.25, -0.2) is 0 Å². The first-order valence-corrected chi connectivity index (χ1v) is 10.9. The van der Waals surface area contributed by atoms with E-state index in [1.807, 2.05) is 73.6 Å². The Morgan fingerprint density at radius 2 is 1.84 bits per heavy atom. The van der Waals surface area contributed by atoms with Crippen LogP contribution in [-0.2, 0) is 16.0 Å². The van der Waals surface area contributed by atoms with Gasteiger partial charge in [0.15, 0.2) is 0 Å². The zero-order valence-corrected chi connectivity index (χ0v) is 18.6. The van der Waals surface area contributed by atoms with Gasteiger partial charge < -0.3 is 14.9 Å². The summed E-state index contributed by atoms with van der Waals surface area (Å²) in [4.78, 5) is 31.1. The molecule has 2 aliphatic heterocycles. The topological polar surface area (TPSA) is 64.1 Å². The molecule has 2 aromatic carbocycles. The molecule has 0 unspecified atom stereocenters. The van der Waals surface area contributed by atoms with Gasteiger partial charge in [-0.05, 0) is 37.4 Å². The molecule has 1 N–H and O–H groups in total. The molecule has 0 saturated carbocycles. The molecule has 2 aromatic rings. The van der Waals surface area contributed by atoms with Gasteiger partial charge in [0.25, 0.3) is 0 Å². The van der Waals surface area contributed by atoms with Crippen LogP contribution >= 0.6 is 0 Å². The van der Waals surface area contributed by atoms with Crippen LogP contribution in [0.5, 0.6) is 0 Å². The summed E-state index contributed by atoms with van der Waals surface area (Å²) >= 11 is 0. The number of carbonyl (C=O) groups is 2. The minimum Gasteiger partial charge on any atom is -0.394 e. The summed E-state index contributed by atoms with van der Waals surface area (Å²) in [6.45, 7) is 1.17. The molecule has 0 bridgehead atoms. The molecule has 2 fully saturated rings. The summed E-state index contributed by atoms with van der Waals surface area (Å²) < 4.78 is 0. The number of piperazine rings is 1. The average molecular weight is 432 g/mol. The summed E-state index contributed by atoms with van der Waals surface area (Å²) in [6, 6.07) is 17.3. The Hall–Kier alpha value is -3.14. The smallest absolute Gasteiger partial charge is 0.242 e. The third kappa shape index (κ3) is 4.55. The van der Waals surface area contributed by atoms with Crippen molar-refractivity contribution >= 4 is 11.8 Å². The molecule has 0 aliphatic carbocycles. The quantitative estimate of drug-likeness (QED) is 0.726. The van der Waals surface area contributed by atoms with Gasteiger partial charge in [0.2, 0.25) is 11.8 Å². The molecule has 166 valence electrons. The van der Waals surface area contributed by atoms with E-state index in [2.05, 4.69) is 11.8 Å². The van der Waals surface area contributed by atoms with E-state index in [1.165, 1.54) is 0 Å². The molecule has 2 amide bonds. The van der Waals surface area contributed by atoms with Gasteiger partial charge in [-0.3, -0.25) is 14.5 Å². The van der Waals surface area contributed by atoms with Crippen molar-refractivity contribution in [3.05, 3.63) is 71.3 Å². The van der Waals surface area contributed by atoms with Gasteiger partial charge in [-0.2, -0.15) is 0 Å². The van der Waals surface area contributed by atoms with Gasteiger partial charge >= 0.3 is 0 Å². The van der Waals surface area contributed by atoms with Crippen LogP contribution in [0.2, 0.25) is 0 Å². The van der Waals surface area contributed by atoms with E-state index in [1.54, 1.807) is 9.80 Å². The van der Waals surface area contributed by atoms with Crippen molar-refractivity contribution in [3.63, 3.8) is 0 Å². The van der Waals surface area contributed by atoms with Gasteiger partial charge in [-0.1, -0.05) is 54.3 Å². The van der Waals surface area contributed by atoms with Crippen molar-refractivity contribution in [3.8, 4) is 11.8 Å². The van der Waals surface area contributed by atoms with E-state index in [0.717, 1.165) is 16.7 Å². The Morgan fingerprint density at radius 3 is 2.50 bits per heavy atom. The highest BCUT2D eigenvalue weighted by Crippen LogP contribution is 2.42. The second-order valence-electron chi connectivity index (χ2n) is 8.74. The third-order valence-corrected chi connectivity index (χ3v) is 6.23. The van der Waals surface area contributed by atoms with Gasteiger partial charge in [0.05, 0.1) is 38.2 Å². The normalized spacial score (nSPS) is 22.1. The van der Waals surface area contributed by atoms with Crippen LogP contribution in [0.25, 0.3) is 0 Å². The Kier molecular flexibility index (Phi) is 6.59. The van der Waals surface area contributed by atoms with Gasteiger partial charge in [0, 0.05) is 18.0 Å². The molecule has 3 atom stereocenters. The number of hydrogen-bond acceptors (Lipinski definition) is 4. The maximum absolute atomic E-state index is 12.9. The first kappa shape index (κ1) is 22.1. The molecule has 2 aliphatic rings. The average Bonchev–Trinajstić information content (AvgIpc) is 2.76. The zero-order valence-electron chi connectivity index (χ0n) is 18.6. The number of aliphatic hydroxyl groups excluding tert-OH is 1. The lowest BCUT2D eigenvalue weighted by molar-refractivity contribution is -0.166. The number of hydrogen-bond donors (Lipinski definition) is 1. The van der Waals surface area contributed by atoms with Crippen LogP contribution in [0, 0.1) is 11.8 Å². The number of carbonyl (C=O) groups excluding carboxylic acids is 2. The third-order valence-electron chi connectivity index (χ3n) is 6.23. The lowest BCUT2D eigenvalue weighted by Crippen LogP contribution is -2.73. The molecule has 6 heteroatoms. The number of nitrogens with zero attached hydrogens (tertiary/aromatic N) is 3. The van der Waals surface area contributed by atoms with Crippen molar-refractivity contribution < 1.29 is 14.7 Å². The monoisotopic (exact) mass is 431 g/mol. The number of rotatable bonds is 5. The Morgan fingerprint density at radius 1 is 1.12 bits per heavy atom. The van der Waals surface area contributed by atoms with E-state index in [-0.39, 0.29) is 49.4 Å². The fraction of sp³-hybridized carbons (Fsp3) is 0.385. The Balaban J connectivity index is 1.48. The fourth-order valence-corrected chi connectivity index (χ4v) is 4.66. The second-order valence-corrected chi connectivity index (χ2v) is 8.74. The predicted molar refractivity (Wildman–Crippen MR) is 123 cm³/mol. The summed E-state index contributed by atoms with van der Waals surface area (Å²) in [5.74, 6) is 6.15. The second kappa shape index (κ2) is 9.56. The van der Waals surface area contributed by atoms with Crippen molar-refractivity contribution in [2.24, 2.45) is 0 Å². The number of fused-ring (bicyclic) bond motifs is 1. The van der Waals surface area contributed by atoms with Crippen LogP contribution in [0.4, 0.5) is 0 Å². The summed E-state index contributed by atoms with van der Waals surface area (Å²) in [6.07, 6.45) is 0.287. The highest BCUT2D eigenvalue weighted by molar-refractivity contribution is 5.88. The van der Waals surface area contributed by atoms with E-state index in [0.29, 0.717) is 13.1 Å². The van der Waals surface area contributed by atoms with Crippen molar-refractivity contribution in [2.75, 3.05) is 40.3 Å². The molecule has 0 radical (unpaired) electrons. The number of benzene rings is 2. The molecule has 32 heavy (non-hydrogen) atoms. The Labute approximate surface area is 189 Å². The molecule has 0 aromatic heterocycles. The molecular weight excluding hydrogens is 402 g/mol. The summed E-state index contributed by atoms with van der Waals surface area (Å²) in [7, 11) is 3.96. The van der Waals surface area contributed by atoms with E-state index >= 15 is 0 Å². The first-order valence-electron chi connectivity index (χ1n) is 10.9. The maximum atomic E-state index is 12.9. The van der Waals surface area contributed by atoms with Crippen LogP contribution in [-0.4, -0.2) is 84.0 Å². The minimum atomic E-state index is -0.246. The number of amides is 2. The van der Waals surface area contributed by atoms with Crippen molar-refractivity contribution in [2.45, 2.75) is 24.4 Å². The molecular formula is C26H29N3O3. The summed E-state index contributed by atoms with van der Waals surface area (Å²) in [5.41, 5.74) is 2.94. The SMILES string of the molecule is CN(C)CC#Cc1ccc([C@H]2[C@H]3CN(C(=O)Cc4ccccc4)CC(=O)N3[C@H]2CO)cc1. The lowest BCUT2D eigenvalue weighted by Gasteiger charge is -2.58. The predicted octanol–water partition coefficient (Wildman–Crippen LogP) is 1.34. The fourth-order valence-electron chi connectivity index (χ4n) is 4.66. The van der Waals surface area contributed by atoms with Crippen molar-refractivity contribution in [1.29, 1.82) is 0 Å². The van der Waals surface area contributed by atoms with E-state index in [9.17, 15) is 14.7 Å². The molecule has 0 spiro atoms. The number of aliphatic hydroxyl groups is 1. The highest BCUT2D eigenvalue weighted by Gasteiger charge is 2.54. The van der Waals surface area contributed by atoms with E-state index in [4.69, 9.17) is 0 Å². The van der Waals surface area contributed by atoms with E-state index < -0.39 is 0 Å². The van der Waals surface area contributed by atoms with Crippen LogP contribution in [0.1, 0.15) is 22.6 Å². The zero-order chi connectivity index (χ0) is 22.7. The Bertz CT molecular complexity index is 1020. The minimum absolute atomic E-state index is 0.0000552. The summed E-state index contributed by atoms with van der Waals surface area (Å²) in [5, 5.41) is 9.97.